The summed E-state index contributed by atoms with van der Waals surface area (Å²) in [6.45, 7) is 0. The summed E-state index contributed by atoms with van der Waals surface area (Å²) in [5.41, 5.74) is 0.605. The number of aromatic carboxylic acids is 1. The Hall–Kier alpha value is -2.31. The molecule has 0 aliphatic rings. The molecule has 4 nitrogen and oxygen atoms in total. The smallest absolute Gasteiger partial charge is 0.409 e. The molecule has 0 saturated heterocycles. The molecule has 2 aromatic heterocycles. The van der Waals surface area contributed by atoms with Gasteiger partial charge in [0.05, 0.1) is 11.7 Å². The second-order valence-corrected chi connectivity index (χ2v) is 3.53. The molecule has 0 atom stereocenters. The number of alkyl halides is 3. The highest BCUT2D eigenvalue weighted by atomic mass is 19.4. The predicted molar refractivity (Wildman–Crippen MR) is 57.2 cm³/mol. The minimum Gasteiger partial charge on any atom is -0.478 e. The summed E-state index contributed by atoms with van der Waals surface area (Å²) in [7, 11) is 0. The van der Waals surface area contributed by atoms with Gasteiger partial charge in [-0.25, -0.2) is 9.31 Å². The van der Waals surface area contributed by atoms with Crippen molar-refractivity contribution >= 4 is 17.6 Å². The summed E-state index contributed by atoms with van der Waals surface area (Å²) in [5.74, 6) is -1.14. The van der Waals surface area contributed by atoms with Gasteiger partial charge in [-0.3, -0.25) is 0 Å². The molecule has 0 unspecified atom stereocenters. The van der Waals surface area contributed by atoms with Gasteiger partial charge in [-0.15, -0.1) is 0 Å². The lowest BCUT2D eigenvalue weighted by Gasteiger charge is -1.99. The summed E-state index contributed by atoms with van der Waals surface area (Å²) in [6, 6.07) is 2.80. The minimum atomic E-state index is -4.38. The van der Waals surface area contributed by atoms with Crippen molar-refractivity contribution in [1.29, 1.82) is 0 Å². The van der Waals surface area contributed by atoms with Crippen LogP contribution in [0.5, 0.6) is 0 Å². The molecule has 0 aliphatic heterocycles. The molecular formula is C11H7F3N2O2. The van der Waals surface area contributed by atoms with Crippen LogP contribution in [0.3, 0.4) is 0 Å². The Morgan fingerprint density at radius 2 is 2.11 bits per heavy atom. The van der Waals surface area contributed by atoms with Crippen molar-refractivity contribution in [3.8, 4) is 0 Å². The van der Waals surface area contributed by atoms with Crippen LogP contribution in [-0.2, 0) is 0 Å². The third-order valence-corrected chi connectivity index (χ3v) is 2.23. The van der Waals surface area contributed by atoms with E-state index in [4.69, 9.17) is 5.11 Å². The van der Waals surface area contributed by atoms with Crippen molar-refractivity contribution < 1.29 is 23.1 Å². The van der Waals surface area contributed by atoms with E-state index in [1.165, 1.54) is 22.8 Å². The van der Waals surface area contributed by atoms with Gasteiger partial charge in [0.2, 0.25) is 0 Å². The summed E-state index contributed by atoms with van der Waals surface area (Å²) < 4.78 is 37.2. The molecule has 0 radical (unpaired) electrons. The number of fused-ring (bicyclic) bond motifs is 1. The maximum Gasteiger partial charge on any atom is 0.409 e. The molecule has 0 aliphatic carbocycles. The van der Waals surface area contributed by atoms with Gasteiger partial charge in [0.15, 0.2) is 0 Å². The van der Waals surface area contributed by atoms with Crippen LogP contribution < -0.4 is 0 Å². The Labute approximate surface area is 99.0 Å². The van der Waals surface area contributed by atoms with Crippen LogP contribution in [0, 0.1) is 0 Å². The quantitative estimate of drug-likeness (QED) is 0.898. The number of halogens is 3. The van der Waals surface area contributed by atoms with Crippen molar-refractivity contribution in [1.82, 2.24) is 9.61 Å². The van der Waals surface area contributed by atoms with Crippen molar-refractivity contribution in [2.45, 2.75) is 6.18 Å². The lowest BCUT2D eigenvalue weighted by atomic mass is 10.2. The molecule has 94 valence electrons. The van der Waals surface area contributed by atoms with Gasteiger partial charge in [-0.2, -0.15) is 18.3 Å². The molecule has 0 saturated carbocycles. The Morgan fingerprint density at radius 1 is 1.39 bits per heavy atom. The number of carbonyl (C=O) groups is 1. The Kier molecular flexibility index (Phi) is 2.82. The van der Waals surface area contributed by atoms with Gasteiger partial charge in [-0.05, 0) is 17.7 Å². The van der Waals surface area contributed by atoms with Crippen molar-refractivity contribution in [2.75, 3.05) is 0 Å². The Bertz CT molecular complexity index is 629. The topological polar surface area (TPSA) is 54.6 Å². The van der Waals surface area contributed by atoms with Gasteiger partial charge < -0.3 is 5.11 Å². The van der Waals surface area contributed by atoms with Gasteiger partial charge in [0.25, 0.3) is 0 Å². The fraction of sp³-hybridized carbons (Fsp3) is 0.0909. The number of rotatable bonds is 2. The lowest BCUT2D eigenvalue weighted by molar-refractivity contribution is -0.0790. The van der Waals surface area contributed by atoms with E-state index < -0.39 is 12.1 Å². The monoisotopic (exact) mass is 256 g/mol. The van der Waals surface area contributed by atoms with Crippen LogP contribution >= 0.6 is 0 Å². The molecule has 2 heterocycles. The summed E-state index contributed by atoms with van der Waals surface area (Å²) >= 11 is 0. The van der Waals surface area contributed by atoms with Gasteiger partial charge >= 0.3 is 12.1 Å². The van der Waals surface area contributed by atoms with Crippen LogP contribution in [0.2, 0.25) is 0 Å². The maximum absolute atomic E-state index is 12.0. The zero-order chi connectivity index (χ0) is 13.3. The van der Waals surface area contributed by atoms with Crippen LogP contribution in [0.1, 0.15) is 15.9 Å². The zero-order valence-electron chi connectivity index (χ0n) is 8.85. The van der Waals surface area contributed by atoms with E-state index in [9.17, 15) is 18.0 Å². The third-order valence-electron chi connectivity index (χ3n) is 2.23. The zero-order valence-corrected chi connectivity index (χ0v) is 8.85. The van der Waals surface area contributed by atoms with E-state index in [2.05, 4.69) is 5.10 Å². The lowest BCUT2D eigenvalue weighted by Crippen LogP contribution is -2.00. The molecular weight excluding hydrogens is 249 g/mol. The van der Waals surface area contributed by atoms with E-state index in [1.807, 2.05) is 0 Å². The molecule has 0 bridgehead atoms. The number of hydrogen-bond donors (Lipinski definition) is 1. The number of carboxylic acid groups (broad SMARTS) is 1. The standard InChI is InChI=1S/C11H7F3N2O2/c12-11(13,14)4-3-7-1-2-9-8(10(17)18)5-15-16(9)6-7/h1-6H,(H,17,18). The molecule has 0 amide bonds. The highest BCUT2D eigenvalue weighted by Gasteiger charge is 2.21. The Balaban J connectivity index is 2.41. The molecule has 2 rings (SSSR count). The minimum absolute atomic E-state index is 0.00125. The fourth-order valence-electron chi connectivity index (χ4n) is 1.45. The maximum atomic E-state index is 12.0. The average molecular weight is 256 g/mol. The number of nitrogens with zero attached hydrogens (tertiary/aromatic N) is 2. The SMILES string of the molecule is O=C(O)c1cnn2cc(C=CC(F)(F)F)ccc12. The average Bonchev–Trinajstić information content (AvgIpc) is 2.68. The van der Waals surface area contributed by atoms with Gasteiger partial charge in [0, 0.05) is 12.3 Å². The van der Waals surface area contributed by atoms with Crippen LogP contribution in [0.4, 0.5) is 13.2 Å². The van der Waals surface area contributed by atoms with Gasteiger partial charge in [0.1, 0.15) is 5.56 Å². The normalized spacial score (nSPS) is 12.4. The van der Waals surface area contributed by atoms with E-state index in [-0.39, 0.29) is 17.2 Å². The highest BCUT2D eigenvalue weighted by molar-refractivity contribution is 5.95. The number of hydrogen-bond acceptors (Lipinski definition) is 2. The summed E-state index contributed by atoms with van der Waals surface area (Å²) in [5, 5.41) is 12.6. The summed E-state index contributed by atoms with van der Waals surface area (Å²) in [6.07, 6.45) is -0.915. The summed E-state index contributed by atoms with van der Waals surface area (Å²) in [4.78, 5) is 10.8. The molecule has 0 fully saturated rings. The van der Waals surface area contributed by atoms with E-state index in [0.717, 1.165) is 12.3 Å². The number of allylic oxidation sites excluding steroid dienone is 1. The fourth-order valence-corrected chi connectivity index (χ4v) is 1.45. The molecule has 0 spiro atoms. The van der Waals surface area contributed by atoms with Crippen LogP contribution in [0.25, 0.3) is 11.6 Å². The van der Waals surface area contributed by atoms with Gasteiger partial charge in [-0.1, -0.05) is 6.07 Å². The first-order chi connectivity index (χ1) is 8.37. The highest BCUT2D eigenvalue weighted by Crippen LogP contribution is 2.19. The predicted octanol–water partition coefficient (Wildman–Crippen LogP) is 2.61. The van der Waals surface area contributed by atoms with Crippen molar-refractivity contribution in [2.24, 2.45) is 0 Å². The van der Waals surface area contributed by atoms with Crippen molar-refractivity contribution in [3.05, 3.63) is 41.7 Å². The molecule has 7 heteroatoms. The van der Waals surface area contributed by atoms with Crippen LogP contribution in [-0.4, -0.2) is 26.9 Å². The van der Waals surface area contributed by atoms with Crippen LogP contribution in [0.15, 0.2) is 30.6 Å². The molecule has 1 N–H and O–H groups in total. The number of pyridine rings is 1. The van der Waals surface area contributed by atoms with E-state index >= 15 is 0 Å². The Morgan fingerprint density at radius 3 is 2.72 bits per heavy atom. The second kappa shape index (κ2) is 4.17. The van der Waals surface area contributed by atoms with E-state index in [1.54, 1.807) is 0 Å². The molecule has 2 aromatic rings. The third kappa shape index (κ3) is 2.50. The second-order valence-electron chi connectivity index (χ2n) is 3.53. The number of aromatic nitrogens is 2. The van der Waals surface area contributed by atoms with E-state index in [0.29, 0.717) is 5.52 Å². The molecule has 0 aromatic carbocycles. The first-order valence-electron chi connectivity index (χ1n) is 4.83. The largest absolute Gasteiger partial charge is 0.478 e. The first kappa shape index (κ1) is 12.2. The molecule has 18 heavy (non-hydrogen) atoms. The first-order valence-corrected chi connectivity index (χ1v) is 4.83. The van der Waals surface area contributed by atoms with Crippen molar-refractivity contribution in [3.63, 3.8) is 0 Å². The number of carboxylic acids is 1.